The second-order valence-electron chi connectivity index (χ2n) is 5.25. The third-order valence-corrected chi connectivity index (χ3v) is 4.21. The lowest BCUT2D eigenvalue weighted by Gasteiger charge is -2.25. The maximum absolute atomic E-state index is 12.2. The number of hydrogen-bond acceptors (Lipinski definition) is 5. The third kappa shape index (κ3) is 3.48. The maximum atomic E-state index is 12.2. The van der Waals surface area contributed by atoms with E-state index in [2.05, 4.69) is 20.7 Å². The summed E-state index contributed by atoms with van der Waals surface area (Å²) in [4.78, 5) is 12.2. The van der Waals surface area contributed by atoms with Gasteiger partial charge in [0.2, 0.25) is 5.91 Å². The number of fused-ring (bicyclic) bond motifs is 1. The highest BCUT2D eigenvalue weighted by Gasteiger charge is 2.31. The molecule has 0 aliphatic heterocycles. The molecule has 2 rings (SSSR count). The van der Waals surface area contributed by atoms with Gasteiger partial charge < -0.3 is 10.4 Å². The van der Waals surface area contributed by atoms with Crippen LogP contribution in [0.2, 0.25) is 0 Å². The van der Waals surface area contributed by atoms with Gasteiger partial charge in [0.25, 0.3) is 0 Å². The van der Waals surface area contributed by atoms with Crippen LogP contribution in [0.15, 0.2) is 0 Å². The minimum absolute atomic E-state index is 0.0729. The van der Waals surface area contributed by atoms with Crippen LogP contribution in [0.1, 0.15) is 37.1 Å². The first-order valence-corrected chi connectivity index (χ1v) is 7.81. The molecule has 1 aliphatic rings. The van der Waals surface area contributed by atoms with E-state index in [9.17, 15) is 9.90 Å². The van der Waals surface area contributed by atoms with Gasteiger partial charge in [-0.25, -0.2) is 0 Å². The Morgan fingerprint density at radius 2 is 2.42 bits per heavy atom. The number of hydrogen-bond donors (Lipinski definition) is 3. The van der Waals surface area contributed by atoms with E-state index in [0.717, 1.165) is 30.7 Å². The molecule has 0 spiro atoms. The van der Waals surface area contributed by atoms with E-state index in [1.807, 2.05) is 6.26 Å². The average molecular weight is 284 g/mol. The van der Waals surface area contributed by atoms with Gasteiger partial charge in [-0.1, -0.05) is 0 Å². The fourth-order valence-electron chi connectivity index (χ4n) is 2.35. The average Bonchev–Trinajstić information content (AvgIpc) is 2.84. The van der Waals surface area contributed by atoms with Gasteiger partial charge in [0.15, 0.2) is 0 Å². The molecule has 1 aliphatic carbocycles. The molecular weight excluding hydrogens is 264 g/mol. The summed E-state index contributed by atoms with van der Waals surface area (Å²) < 4.78 is 0. The van der Waals surface area contributed by atoms with Crippen molar-refractivity contribution in [3.05, 3.63) is 11.4 Å². The number of nitrogens with one attached hydrogen (secondary N) is 2. The summed E-state index contributed by atoms with van der Waals surface area (Å²) in [5, 5.41) is 23.6. The molecular formula is C12H20N4O2S. The predicted molar refractivity (Wildman–Crippen MR) is 74.1 cm³/mol. The van der Waals surface area contributed by atoms with E-state index < -0.39 is 5.60 Å². The zero-order valence-electron chi connectivity index (χ0n) is 11.3. The van der Waals surface area contributed by atoms with E-state index in [1.165, 1.54) is 0 Å². The number of thioether (sulfide) groups is 1. The van der Waals surface area contributed by atoms with Crippen LogP contribution in [-0.2, 0) is 11.2 Å². The van der Waals surface area contributed by atoms with Gasteiger partial charge in [-0.2, -0.15) is 27.2 Å². The second kappa shape index (κ2) is 5.92. The van der Waals surface area contributed by atoms with Gasteiger partial charge in [-0.15, -0.1) is 0 Å². The molecule has 2 atom stereocenters. The Bertz CT molecular complexity index is 447. The van der Waals surface area contributed by atoms with Crippen LogP contribution < -0.4 is 5.32 Å². The summed E-state index contributed by atoms with van der Waals surface area (Å²) in [5.74, 6) is 0.275. The Morgan fingerprint density at radius 3 is 3.16 bits per heavy atom. The SMILES string of the molecule is CSCC(C)(O)CNC(=O)C1CCCc2n[nH]nc21. The van der Waals surface area contributed by atoms with Crippen molar-refractivity contribution < 1.29 is 9.90 Å². The minimum atomic E-state index is -0.879. The van der Waals surface area contributed by atoms with Gasteiger partial charge in [-0.05, 0) is 32.4 Å². The Kier molecular flexibility index (Phi) is 4.46. The summed E-state index contributed by atoms with van der Waals surface area (Å²) in [6.07, 6.45) is 4.54. The lowest BCUT2D eigenvalue weighted by molar-refractivity contribution is -0.123. The molecule has 1 aromatic rings. The minimum Gasteiger partial charge on any atom is -0.387 e. The molecule has 0 saturated carbocycles. The van der Waals surface area contributed by atoms with E-state index in [0.29, 0.717) is 5.75 Å². The van der Waals surface area contributed by atoms with Crippen molar-refractivity contribution in [3.8, 4) is 0 Å². The fourth-order valence-corrected chi connectivity index (χ4v) is 3.08. The number of carbonyl (C=O) groups is 1. The molecule has 0 saturated heterocycles. The van der Waals surface area contributed by atoms with Crippen molar-refractivity contribution in [1.29, 1.82) is 0 Å². The first-order valence-electron chi connectivity index (χ1n) is 6.42. The van der Waals surface area contributed by atoms with Crippen molar-refractivity contribution in [3.63, 3.8) is 0 Å². The Morgan fingerprint density at radius 1 is 1.63 bits per heavy atom. The van der Waals surface area contributed by atoms with Gasteiger partial charge in [-0.3, -0.25) is 4.79 Å². The van der Waals surface area contributed by atoms with Gasteiger partial charge >= 0.3 is 0 Å². The molecule has 0 fully saturated rings. The van der Waals surface area contributed by atoms with Gasteiger partial charge in [0.1, 0.15) is 0 Å². The lowest BCUT2D eigenvalue weighted by atomic mass is 9.89. The molecule has 0 bridgehead atoms. The molecule has 0 radical (unpaired) electrons. The van der Waals surface area contributed by atoms with Gasteiger partial charge in [0, 0.05) is 12.3 Å². The van der Waals surface area contributed by atoms with Crippen LogP contribution in [0.3, 0.4) is 0 Å². The number of H-pyrrole nitrogens is 1. The normalized spacial score (nSPS) is 21.5. The number of aryl methyl sites for hydroxylation is 1. The molecule has 0 aromatic carbocycles. The Hall–Kier alpha value is -1.08. The van der Waals surface area contributed by atoms with Crippen LogP contribution in [0, 0.1) is 0 Å². The number of nitrogens with zero attached hydrogens (tertiary/aromatic N) is 2. The molecule has 19 heavy (non-hydrogen) atoms. The first kappa shape index (κ1) is 14.3. The van der Waals surface area contributed by atoms with Crippen molar-refractivity contribution >= 4 is 17.7 Å². The highest BCUT2D eigenvalue weighted by molar-refractivity contribution is 7.98. The Labute approximate surface area is 116 Å². The number of aromatic amines is 1. The van der Waals surface area contributed by atoms with E-state index in [-0.39, 0.29) is 18.4 Å². The smallest absolute Gasteiger partial charge is 0.229 e. The molecule has 6 nitrogen and oxygen atoms in total. The second-order valence-corrected chi connectivity index (χ2v) is 6.11. The molecule has 7 heteroatoms. The zero-order chi connectivity index (χ0) is 13.9. The fraction of sp³-hybridized carbons (Fsp3) is 0.750. The first-order chi connectivity index (χ1) is 9.03. The standard InChI is InChI=1S/C12H20N4O2S/c1-12(18,7-19-2)6-13-11(17)8-4-3-5-9-10(8)15-16-14-9/h8,18H,3-7H2,1-2H3,(H,13,17)(H,14,15,16). The quantitative estimate of drug-likeness (QED) is 0.730. The van der Waals surface area contributed by atoms with Crippen LogP contribution in [0.25, 0.3) is 0 Å². The number of amides is 1. The van der Waals surface area contributed by atoms with Gasteiger partial charge in [0.05, 0.1) is 22.9 Å². The molecule has 3 N–H and O–H groups in total. The summed E-state index contributed by atoms with van der Waals surface area (Å²) in [6.45, 7) is 1.99. The lowest BCUT2D eigenvalue weighted by Crippen LogP contribution is -2.44. The van der Waals surface area contributed by atoms with Crippen LogP contribution in [-0.4, -0.2) is 50.6 Å². The van der Waals surface area contributed by atoms with Crippen molar-refractivity contribution in [2.75, 3.05) is 18.6 Å². The molecule has 2 unspecified atom stereocenters. The highest BCUT2D eigenvalue weighted by atomic mass is 32.2. The van der Waals surface area contributed by atoms with E-state index in [1.54, 1.807) is 18.7 Å². The topological polar surface area (TPSA) is 90.9 Å². The molecule has 1 heterocycles. The third-order valence-electron chi connectivity index (χ3n) is 3.30. The van der Waals surface area contributed by atoms with Crippen molar-refractivity contribution in [2.45, 2.75) is 37.7 Å². The van der Waals surface area contributed by atoms with Crippen LogP contribution in [0.5, 0.6) is 0 Å². The summed E-state index contributed by atoms with van der Waals surface area (Å²) >= 11 is 1.56. The highest BCUT2D eigenvalue weighted by Crippen LogP contribution is 2.28. The molecule has 1 amide bonds. The summed E-state index contributed by atoms with van der Waals surface area (Å²) in [5.41, 5.74) is 0.770. The van der Waals surface area contributed by atoms with Crippen molar-refractivity contribution in [1.82, 2.24) is 20.7 Å². The largest absolute Gasteiger partial charge is 0.387 e. The predicted octanol–water partition coefficient (Wildman–Crippen LogP) is 0.455. The number of aromatic nitrogens is 3. The summed E-state index contributed by atoms with van der Waals surface area (Å²) in [6, 6.07) is 0. The van der Waals surface area contributed by atoms with E-state index >= 15 is 0 Å². The Balaban J connectivity index is 1.95. The van der Waals surface area contributed by atoms with Crippen LogP contribution in [0.4, 0.5) is 0 Å². The number of rotatable bonds is 5. The molecule has 1 aromatic heterocycles. The monoisotopic (exact) mass is 284 g/mol. The number of carbonyl (C=O) groups excluding carboxylic acids is 1. The maximum Gasteiger partial charge on any atom is 0.229 e. The molecule has 106 valence electrons. The summed E-state index contributed by atoms with van der Waals surface area (Å²) in [7, 11) is 0. The van der Waals surface area contributed by atoms with Crippen LogP contribution >= 0.6 is 11.8 Å². The van der Waals surface area contributed by atoms with Crippen molar-refractivity contribution in [2.24, 2.45) is 0 Å². The zero-order valence-corrected chi connectivity index (χ0v) is 12.1. The number of aliphatic hydroxyl groups is 1. The van der Waals surface area contributed by atoms with E-state index in [4.69, 9.17) is 0 Å².